The van der Waals surface area contributed by atoms with Gasteiger partial charge in [-0.05, 0) is 53.6 Å². The molecule has 2 rings (SSSR count). The molecule has 0 unspecified atom stereocenters. The Bertz CT molecular complexity index is 1070. The topological polar surface area (TPSA) is 112 Å². The lowest BCUT2D eigenvalue weighted by Crippen LogP contribution is -2.15. The number of aliphatic hydroxyl groups excluding tert-OH is 2. The Hall–Kier alpha value is -3.62. The van der Waals surface area contributed by atoms with Gasteiger partial charge in [-0.25, -0.2) is 9.59 Å². The zero-order valence-electron chi connectivity index (χ0n) is 23.0. The van der Waals surface area contributed by atoms with E-state index in [9.17, 15) is 9.59 Å². The molecule has 0 amide bonds. The molecule has 0 fully saturated rings. The van der Waals surface area contributed by atoms with Crippen LogP contribution in [0.5, 0.6) is 11.5 Å². The normalized spacial score (nSPS) is 10.6. The fraction of sp³-hybridized carbons (Fsp3) is 0.419. The second-order valence-electron chi connectivity index (χ2n) is 8.99. The van der Waals surface area contributed by atoms with Crippen LogP contribution in [0.15, 0.2) is 60.7 Å². The predicted octanol–water partition coefficient (Wildman–Crippen LogP) is 4.59. The third kappa shape index (κ3) is 10.6. The average molecular weight is 541 g/mol. The second-order valence-corrected chi connectivity index (χ2v) is 8.99. The van der Waals surface area contributed by atoms with Gasteiger partial charge in [-0.15, -0.1) is 0 Å². The Kier molecular flexibility index (Phi) is 13.8. The molecule has 0 heterocycles. The van der Waals surface area contributed by atoms with Crippen LogP contribution in [-0.2, 0) is 31.9 Å². The molecule has 2 aromatic carbocycles. The Morgan fingerprint density at radius 3 is 1.82 bits per heavy atom. The highest BCUT2D eigenvalue weighted by molar-refractivity contribution is 5.88. The van der Waals surface area contributed by atoms with Crippen molar-refractivity contribution in [3.05, 3.63) is 71.8 Å². The number of aryl methyl sites for hydroxylation is 2. The molecule has 0 spiro atoms. The minimum absolute atomic E-state index is 0.0182. The predicted molar refractivity (Wildman–Crippen MR) is 150 cm³/mol. The molecule has 0 radical (unpaired) electrons. The molecule has 8 nitrogen and oxygen atoms in total. The summed E-state index contributed by atoms with van der Waals surface area (Å²) < 4.78 is 21.8. The van der Waals surface area contributed by atoms with Crippen molar-refractivity contribution in [1.29, 1.82) is 0 Å². The van der Waals surface area contributed by atoms with Crippen LogP contribution in [0.25, 0.3) is 11.1 Å². The van der Waals surface area contributed by atoms with E-state index in [1.165, 1.54) is 24.0 Å². The molecule has 0 aliphatic heterocycles. The lowest BCUT2D eigenvalue weighted by molar-refractivity contribution is -0.141. The second kappa shape index (κ2) is 17.1. The summed E-state index contributed by atoms with van der Waals surface area (Å²) in [6.45, 7) is 10.4. The number of unbranched alkanes of at least 4 members (excludes halogenated alkanes) is 2. The number of hydrogen-bond donors (Lipinski definition) is 2. The number of aliphatic hydroxyl groups is 2. The van der Waals surface area contributed by atoms with Gasteiger partial charge in [-0.2, -0.15) is 0 Å². The van der Waals surface area contributed by atoms with Gasteiger partial charge in [0.15, 0.2) is 0 Å². The average Bonchev–Trinajstić information content (AvgIpc) is 2.96. The highest BCUT2D eigenvalue weighted by Crippen LogP contribution is 2.33. The molecule has 0 aromatic heterocycles. The first-order chi connectivity index (χ1) is 18.8. The summed E-state index contributed by atoms with van der Waals surface area (Å²) in [6.07, 6.45) is 5.44. The number of carbonyl (C=O) groups excluding carboxylic acids is 2. The molecule has 2 N–H and O–H groups in total. The quantitative estimate of drug-likeness (QED) is 0.160. The maximum absolute atomic E-state index is 11.7. The van der Waals surface area contributed by atoms with Crippen molar-refractivity contribution in [1.82, 2.24) is 0 Å². The number of carbonyl (C=O) groups is 2. The molecule has 0 aliphatic rings. The Morgan fingerprint density at radius 1 is 0.769 bits per heavy atom. The van der Waals surface area contributed by atoms with E-state index in [0.717, 1.165) is 30.4 Å². The highest BCUT2D eigenvalue weighted by atomic mass is 16.6. The standard InChI is InChI=1S/C31H40O8/c1-5-7-8-9-24-10-11-29(25(6-2)16-24)26-17-27(36-12-14-38-30(34)22(3)20-32)19-28(18-26)37-13-15-39-31(35)23(4)21-33/h10-11,16-19,32-33H,3-9,12-15,20-21H2,1-2H3. The SMILES string of the molecule is C=C(CO)C(=O)OCCOc1cc(OCCOC(=O)C(=C)CO)cc(-c2ccc(CCCCC)cc2CC)c1. The van der Waals surface area contributed by atoms with E-state index in [1.54, 1.807) is 6.07 Å². The van der Waals surface area contributed by atoms with Crippen LogP contribution in [0, 0.1) is 0 Å². The van der Waals surface area contributed by atoms with E-state index in [-0.39, 0.29) is 37.6 Å². The third-order valence-corrected chi connectivity index (χ3v) is 5.94. The lowest BCUT2D eigenvalue weighted by Gasteiger charge is -2.16. The zero-order valence-corrected chi connectivity index (χ0v) is 23.0. The van der Waals surface area contributed by atoms with E-state index in [4.69, 9.17) is 29.2 Å². The summed E-state index contributed by atoms with van der Waals surface area (Å²) in [5, 5.41) is 18.0. The van der Waals surface area contributed by atoms with Crippen LogP contribution < -0.4 is 9.47 Å². The minimum atomic E-state index is -0.677. The van der Waals surface area contributed by atoms with Crippen LogP contribution in [-0.4, -0.2) is 61.8 Å². The van der Waals surface area contributed by atoms with Gasteiger partial charge in [0.05, 0.1) is 24.4 Å². The zero-order chi connectivity index (χ0) is 28.6. The molecule has 2 aromatic rings. The first kappa shape index (κ1) is 31.6. The highest BCUT2D eigenvalue weighted by Gasteiger charge is 2.12. The number of ether oxygens (including phenoxy) is 4. The van der Waals surface area contributed by atoms with Crippen molar-refractivity contribution in [2.75, 3.05) is 39.6 Å². The minimum Gasteiger partial charge on any atom is -0.490 e. The molecule has 0 saturated carbocycles. The molecule has 39 heavy (non-hydrogen) atoms. The fourth-order valence-corrected chi connectivity index (χ4v) is 3.77. The van der Waals surface area contributed by atoms with Gasteiger partial charge in [0.2, 0.25) is 0 Å². The van der Waals surface area contributed by atoms with Crippen LogP contribution in [0.1, 0.15) is 44.2 Å². The molecule has 0 bridgehead atoms. The molecule has 8 heteroatoms. The van der Waals surface area contributed by atoms with Crippen molar-refractivity contribution in [3.8, 4) is 22.6 Å². The molecule has 0 atom stereocenters. The summed E-state index contributed by atoms with van der Waals surface area (Å²) in [5.74, 6) is -0.327. The Balaban J connectivity index is 2.20. The van der Waals surface area contributed by atoms with E-state index in [0.29, 0.717) is 11.5 Å². The van der Waals surface area contributed by atoms with Crippen LogP contribution >= 0.6 is 0 Å². The number of esters is 2. The number of rotatable bonds is 18. The van der Waals surface area contributed by atoms with Crippen molar-refractivity contribution in [2.45, 2.75) is 46.0 Å². The van der Waals surface area contributed by atoms with Crippen LogP contribution in [0.3, 0.4) is 0 Å². The van der Waals surface area contributed by atoms with Gasteiger partial charge < -0.3 is 29.2 Å². The van der Waals surface area contributed by atoms with Gasteiger partial charge in [0.1, 0.15) is 37.9 Å². The van der Waals surface area contributed by atoms with Crippen molar-refractivity contribution >= 4 is 11.9 Å². The van der Waals surface area contributed by atoms with E-state index >= 15 is 0 Å². The van der Waals surface area contributed by atoms with Crippen molar-refractivity contribution in [2.24, 2.45) is 0 Å². The molecule has 212 valence electrons. The summed E-state index contributed by atoms with van der Waals surface area (Å²) in [4.78, 5) is 23.4. The molecular weight excluding hydrogens is 500 g/mol. The summed E-state index contributed by atoms with van der Waals surface area (Å²) in [5.41, 5.74) is 4.42. The van der Waals surface area contributed by atoms with Gasteiger partial charge in [0.25, 0.3) is 0 Å². The van der Waals surface area contributed by atoms with Crippen molar-refractivity contribution in [3.63, 3.8) is 0 Å². The van der Waals surface area contributed by atoms with E-state index in [1.807, 2.05) is 12.1 Å². The number of hydrogen-bond acceptors (Lipinski definition) is 8. The first-order valence-electron chi connectivity index (χ1n) is 13.3. The Morgan fingerprint density at radius 2 is 1.33 bits per heavy atom. The summed E-state index contributed by atoms with van der Waals surface area (Å²) in [7, 11) is 0. The van der Waals surface area contributed by atoms with Gasteiger partial charge >= 0.3 is 11.9 Å². The van der Waals surface area contributed by atoms with Gasteiger partial charge in [0, 0.05) is 6.07 Å². The van der Waals surface area contributed by atoms with Crippen molar-refractivity contribution < 1.29 is 38.7 Å². The molecule has 0 saturated heterocycles. The fourth-order valence-electron chi connectivity index (χ4n) is 3.77. The summed E-state index contributed by atoms with van der Waals surface area (Å²) >= 11 is 0. The molecule has 0 aliphatic carbocycles. The largest absolute Gasteiger partial charge is 0.490 e. The Labute approximate surface area is 230 Å². The lowest BCUT2D eigenvalue weighted by atomic mass is 9.94. The monoisotopic (exact) mass is 540 g/mol. The third-order valence-electron chi connectivity index (χ3n) is 5.94. The molecular formula is C31H40O8. The maximum atomic E-state index is 11.7. The van der Waals surface area contributed by atoms with Crippen LogP contribution in [0.4, 0.5) is 0 Å². The first-order valence-corrected chi connectivity index (χ1v) is 13.3. The van der Waals surface area contributed by atoms with Gasteiger partial charge in [-0.3, -0.25) is 0 Å². The van der Waals surface area contributed by atoms with Gasteiger partial charge in [-0.1, -0.05) is 58.0 Å². The van der Waals surface area contributed by atoms with E-state index < -0.39 is 25.2 Å². The van der Waals surface area contributed by atoms with Crippen LogP contribution in [0.2, 0.25) is 0 Å². The number of benzene rings is 2. The smallest absolute Gasteiger partial charge is 0.335 e. The maximum Gasteiger partial charge on any atom is 0.335 e. The van der Waals surface area contributed by atoms with E-state index in [2.05, 4.69) is 45.2 Å². The summed E-state index contributed by atoms with van der Waals surface area (Å²) in [6, 6.07) is 12.0.